The molecule has 2 aromatic carbocycles. The fourth-order valence-electron chi connectivity index (χ4n) is 2.15. The van der Waals surface area contributed by atoms with Crippen LogP contribution in [-0.2, 0) is 11.0 Å². The Labute approximate surface area is 152 Å². The summed E-state index contributed by atoms with van der Waals surface area (Å²) in [5, 5.41) is 5.87. The number of para-hydroxylation sites is 1. The van der Waals surface area contributed by atoms with Crippen LogP contribution in [0.5, 0.6) is 0 Å². The van der Waals surface area contributed by atoms with Crippen molar-refractivity contribution in [3.05, 3.63) is 65.5 Å². The van der Waals surface area contributed by atoms with Gasteiger partial charge < -0.3 is 5.32 Å². The molecule has 0 radical (unpaired) electrons. The highest BCUT2D eigenvalue weighted by Crippen LogP contribution is 2.34. The van der Waals surface area contributed by atoms with Crippen molar-refractivity contribution in [2.75, 3.05) is 5.32 Å². The molecule has 0 unspecified atom stereocenters. The Kier molecular flexibility index (Phi) is 6.27. The number of hydrogen-bond donors (Lipinski definition) is 2. The lowest BCUT2D eigenvalue weighted by atomic mass is 10.1. The average Bonchev–Trinajstić information content (AvgIpc) is 2.59. The van der Waals surface area contributed by atoms with Gasteiger partial charge in [-0.05, 0) is 37.3 Å². The second-order valence-corrected chi connectivity index (χ2v) is 5.57. The van der Waals surface area contributed by atoms with Gasteiger partial charge in [0.25, 0.3) is 5.91 Å². The molecule has 2 aromatic rings. The summed E-state index contributed by atoms with van der Waals surface area (Å²) in [6.07, 6.45) is -4.94. The minimum Gasteiger partial charge on any atom is -0.325 e. The van der Waals surface area contributed by atoms with Gasteiger partial charge in [0.1, 0.15) is 5.82 Å². The highest BCUT2D eigenvalue weighted by atomic mass is 19.4. The topological polar surface area (TPSA) is 70.6 Å². The number of benzene rings is 2. The molecule has 2 N–H and O–H groups in total. The number of carbonyl (C=O) groups excluding carboxylic acids is 2. The van der Waals surface area contributed by atoms with Crippen LogP contribution in [0.2, 0.25) is 0 Å². The van der Waals surface area contributed by atoms with E-state index < -0.39 is 29.4 Å². The first-order valence-corrected chi connectivity index (χ1v) is 7.72. The van der Waals surface area contributed by atoms with E-state index in [1.54, 1.807) is 0 Å². The van der Waals surface area contributed by atoms with Crippen molar-refractivity contribution in [3.63, 3.8) is 0 Å². The summed E-state index contributed by atoms with van der Waals surface area (Å²) >= 11 is 0. The van der Waals surface area contributed by atoms with E-state index in [-0.39, 0.29) is 23.4 Å². The van der Waals surface area contributed by atoms with Crippen LogP contribution in [0.1, 0.15) is 29.3 Å². The molecule has 0 bridgehead atoms. The molecular formula is C18H15F4N3O2. The zero-order valence-electron chi connectivity index (χ0n) is 14.1. The van der Waals surface area contributed by atoms with E-state index in [1.165, 1.54) is 37.3 Å². The zero-order chi connectivity index (χ0) is 20.0. The number of carbonyl (C=O) groups is 2. The van der Waals surface area contributed by atoms with E-state index in [0.29, 0.717) is 0 Å². The monoisotopic (exact) mass is 381 g/mol. The van der Waals surface area contributed by atoms with Crippen LogP contribution in [0.3, 0.4) is 0 Å². The van der Waals surface area contributed by atoms with Gasteiger partial charge in [0.05, 0.1) is 17.7 Å². The largest absolute Gasteiger partial charge is 0.418 e. The molecule has 0 spiro atoms. The standard InChI is InChI=1S/C18H15F4N3O2/c1-11(24-25-17(27)12-5-4-6-13(19)10-12)9-16(26)23-15-8-3-2-7-14(15)18(20,21)22/h2-8,10H,9H2,1H3,(H,23,26)(H,25,27)/b24-11+. The van der Waals surface area contributed by atoms with Gasteiger partial charge >= 0.3 is 6.18 Å². The summed E-state index contributed by atoms with van der Waals surface area (Å²) in [6, 6.07) is 9.50. The Bertz CT molecular complexity index is 879. The van der Waals surface area contributed by atoms with Crippen LogP contribution >= 0.6 is 0 Å². The molecule has 0 aliphatic heterocycles. The molecule has 2 amide bonds. The molecular weight excluding hydrogens is 366 g/mol. The molecule has 0 fully saturated rings. The van der Waals surface area contributed by atoms with Crippen molar-refractivity contribution in [1.82, 2.24) is 5.43 Å². The van der Waals surface area contributed by atoms with Crippen LogP contribution in [0, 0.1) is 5.82 Å². The lowest BCUT2D eigenvalue weighted by molar-refractivity contribution is -0.137. The third-order valence-electron chi connectivity index (χ3n) is 3.36. The summed E-state index contributed by atoms with van der Waals surface area (Å²) < 4.78 is 51.8. The third-order valence-corrected chi connectivity index (χ3v) is 3.36. The normalized spacial score (nSPS) is 11.8. The number of alkyl halides is 3. The summed E-state index contributed by atoms with van der Waals surface area (Å²) in [6.45, 7) is 1.42. The molecule has 0 aliphatic carbocycles. The van der Waals surface area contributed by atoms with Gasteiger partial charge in [-0.25, -0.2) is 9.82 Å². The van der Waals surface area contributed by atoms with E-state index in [1.807, 2.05) is 0 Å². The van der Waals surface area contributed by atoms with Crippen LogP contribution in [0.15, 0.2) is 53.6 Å². The summed E-state index contributed by atoms with van der Waals surface area (Å²) in [4.78, 5) is 23.8. The second kappa shape index (κ2) is 8.43. The first kappa shape index (κ1) is 20.1. The van der Waals surface area contributed by atoms with Crippen molar-refractivity contribution in [3.8, 4) is 0 Å². The van der Waals surface area contributed by atoms with E-state index in [2.05, 4.69) is 15.8 Å². The number of hydrazone groups is 1. The van der Waals surface area contributed by atoms with Crippen LogP contribution < -0.4 is 10.7 Å². The third kappa shape index (κ3) is 5.91. The maximum Gasteiger partial charge on any atom is 0.418 e. The zero-order valence-corrected chi connectivity index (χ0v) is 14.1. The van der Waals surface area contributed by atoms with Crippen molar-refractivity contribution in [2.24, 2.45) is 5.10 Å². The number of halogens is 4. The van der Waals surface area contributed by atoms with Gasteiger partial charge in [-0.2, -0.15) is 18.3 Å². The van der Waals surface area contributed by atoms with Crippen LogP contribution in [-0.4, -0.2) is 17.5 Å². The summed E-state index contributed by atoms with van der Waals surface area (Å²) in [5.74, 6) is -2.00. The number of hydrogen-bond acceptors (Lipinski definition) is 3. The predicted octanol–water partition coefficient (Wildman–Crippen LogP) is 3.98. The lowest BCUT2D eigenvalue weighted by Gasteiger charge is -2.13. The van der Waals surface area contributed by atoms with Gasteiger partial charge in [-0.1, -0.05) is 18.2 Å². The molecule has 0 saturated carbocycles. The van der Waals surface area contributed by atoms with Gasteiger partial charge in [0, 0.05) is 11.3 Å². The number of amides is 2. The minimum atomic E-state index is -4.61. The molecule has 0 heterocycles. The molecule has 0 aliphatic rings. The maximum absolute atomic E-state index is 13.1. The Morgan fingerprint density at radius 1 is 1.07 bits per heavy atom. The molecule has 142 valence electrons. The van der Waals surface area contributed by atoms with Crippen molar-refractivity contribution < 1.29 is 27.2 Å². The maximum atomic E-state index is 13.1. The Balaban J connectivity index is 1.98. The number of rotatable bonds is 5. The van der Waals surface area contributed by atoms with Gasteiger partial charge in [-0.3, -0.25) is 9.59 Å². The SMILES string of the molecule is C/C(CC(=O)Nc1ccccc1C(F)(F)F)=N\NC(=O)c1cccc(F)c1. The van der Waals surface area contributed by atoms with Crippen molar-refractivity contribution in [2.45, 2.75) is 19.5 Å². The smallest absolute Gasteiger partial charge is 0.325 e. The Hall–Kier alpha value is -3.23. The van der Waals surface area contributed by atoms with Crippen LogP contribution in [0.25, 0.3) is 0 Å². The fourth-order valence-corrected chi connectivity index (χ4v) is 2.15. The molecule has 5 nitrogen and oxygen atoms in total. The van der Waals surface area contributed by atoms with Gasteiger partial charge in [0.2, 0.25) is 5.91 Å². The lowest BCUT2D eigenvalue weighted by Crippen LogP contribution is -2.22. The van der Waals surface area contributed by atoms with Crippen LogP contribution in [0.4, 0.5) is 23.2 Å². The molecule has 0 aromatic heterocycles. The number of nitrogens with zero attached hydrogens (tertiary/aromatic N) is 1. The number of anilines is 1. The summed E-state index contributed by atoms with van der Waals surface area (Å²) in [7, 11) is 0. The average molecular weight is 381 g/mol. The first-order chi connectivity index (χ1) is 12.7. The van der Waals surface area contributed by atoms with E-state index in [9.17, 15) is 27.2 Å². The van der Waals surface area contributed by atoms with Crippen molar-refractivity contribution in [1.29, 1.82) is 0 Å². The second-order valence-electron chi connectivity index (χ2n) is 5.57. The molecule has 27 heavy (non-hydrogen) atoms. The molecule has 0 atom stereocenters. The number of nitrogens with one attached hydrogen (secondary N) is 2. The molecule has 9 heteroatoms. The molecule has 0 saturated heterocycles. The van der Waals surface area contributed by atoms with Gasteiger partial charge in [-0.15, -0.1) is 0 Å². The van der Waals surface area contributed by atoms with Gasteiger partial charge in [0.15, 0.2) is 0 Å². The predicted molar refractivity (Wildman–Crippen MR) is 91.7 cm³/mol. The summed E-state index contributed by atoms with van der Waals surface area (Å²) in [5.41, 5.74) is 1.01. The highest BCUT2D eigenvalue weighted by molar-refractivity contribution is 6.06. The fraction of sp³-hybridized carbons (Fsp3) is 0.167. The van der Waals surface area contributed by atoms with E-state index >= 15 is 0 Å². The van der Waals surface area contributed by atoms with E-state index in [0.717, 1.165) is 18.2 Å². The van der Waals surface area contributed by atoms with Crippen molar-refractivity contribution >= 4 is 23.2 Å². The Morgan fingerprint density at radius 3 is 2.44 bits per heavy atom. The van der Waals surface area contributed by atoms with E-state index in [4.69, 9.17) is 0 Å². The molecule has 2 rings (SSSR count). The highest BCUT2D eigenvalue weighted by Gasteiger charge is 2.33. The Morgan fingerprint density at radius 2 is 1.78 bits per heavy atom. The first-order valence-electron chi connectivity index (χ1n) is 7.72. The quantitative estimate of drug-likeness (QED) is 0.467. The minimum absolute atomic E-state index is 0.0371.